The molecule has 1 heterocycles. The minimum Gasteiger partial charge on any atom is -0.327 e. The van der Waals surface area contributed by atoms with E-state index in [2.05, 4.69) is 5.32 Å². The summed E-state index contributed by atoms with van der Waals surface area (Å²) >= 11 is 0. The normalized spacial score (nSPS) is 16.9. The van der Waals surface area contributed by atoms with E-state index in [0.717, 1.165) is 23.2 Å². The first-order valence-corrected chi connectivity index (χ1v) is 8.30. The van der Waals surface area contributed by atoms with Crippen LogP contribution in [-0.4, -0.2) is 29.3 Å². The Bertz CT molecular complexity index is 752. The van der Waals surface area contributed by atoms with Gasteiger partial charge in [0.1, 0.15) is 6.04 Å². The van der Waals surface area contributed by atoms with Gasteiger partial charge in [0.15, 0.2) is 0 Å². The van der Waals surface area contributed by atoms with Crippen LogP contribution in [0.25, 0.3) is 0 Å². The van der Waals surface area contributed by atoms with Crippen LogP contribution in [0.15, 0.2) is 48.5 Å². The number of rotatable bonds is 3. The molecule has 1 saturated heterocycles. The Morgan fingerprint density at radius 3 is 2.46 bits per heavy atom. The Balaban J connectivity index is 1.75. The highest BCUT2D eigenvalue weighted by Gasteiger charge is 2.34. The molecule has 2 aromatic rings. The lowest BCUT2D eigenvalue weighted by Crippen LogP contribution is -2.43. The van der Waals surface area contributed by atoms with Crippen LogP contribution < -0.4 is 5.32 Å². The number of carbonyl (C=O) groups is 2. The molecule has 0 unspecified atom stereocenters. The number of hydrogen-bond acceptors (Lipinski definition) is 2. The number of carbonyl (C=O) groups excluding carboxylic acids is 2. The minimum atomic E-state index is -0.404. The van der Waals surface area contributed by atoms with E-state index in [1.54, 1.807) is 4.90 Å². The van der Waals surface area contributed by atoms with E-state index in [-0.39, 0.29) is 11.8 Å². The van der Waals surface area contributed by atoms with Crippen LogP contribution in [0.1, 0.15) is 34.3 Å². The molecule has 1 aliphatic rings. The van der Waals surface area contributed by atoms with Crippen LogP contribution >= 0.6 is 0 Å². The van der Waals surface area contributed by atoms with Gasteiger partial charge in [0, 0.05) is 17.8 Å². The van der Waals surface area contributed by atoms with Gasteiger partial charge in [-0.2, -0.15) is 0 Å². The summed E-state index contributed by atoms with van der Waals surface area (Å²) in [4.78, 5) is 27.1. The maximum Gasteiger partial charge on any atom is 0.254 e. The number of nitrogens with zero attached hydrogens (tertiary/aromatic N) is 1. The Hall–Kier alpha value is -2.62. The topological polar surface area (TPSA) is 49.4 Å². The molecule has 1 fully saturated rings. The number of nitrogens with one attached hydrogen (secondary N) is 1. The van der Waals surface area contributed by atoms with Crippen LogP contribution in [0.4, 0.5) is 5.69 Å². The minimum absolute atomic E-state index is 0.0718. The Morgan fingerprint density at radius 1 is 1.04 bits per heavy atom. The second kappa shape index (κ2) is 6.87. The summed E-state index contributed by atoms with van der Waals surface area (Å²) in [5, 5.41) is 2.96. The van der Waals surface area contributed by atoms with Crippen LogP contribution in [0.2, 0.25) is 0 Å². The predicted molar refractivity (Wildman–Crippen MR) is 95.0 cm³/mol. The molecule has 1 aliphatic heterocycles. The zero-order valence-corrected chi connectivity index (χ0v) is 14.1. The highest BCUT2D eigenvalue weighted by Crippen LogP contribution is 2.23. The molecule has 0 saturated carbocycles. The molecular weight excluding hydrogens is 300 g/mol. The van der Waals surface area contributed by atoms with Crippen molar-refractivity contribution in [3.8, 4) is 0 Å². The van der Waals surface area contributed by atoms with Crippen molar-refractivity contribution >= 4 is 17.5 Å². The third-order valence-corrected chi connectivity index (χ3v) is 4.52. The maximum absolute atomic E-state index is 12.7. The van der Waals surface area contributed by atoms with Gasteiger partial charge in [-0.3, -0.25) is 9.59 Å². The van der Waals surface area contributed by atoms with Gasteiger partial charge >= 0.3 is 0 Å². The summed E-state index contributed by atoms with van der Waals surface area (Å²) in [5.74, 6) is -0.181. The van der Waals surface area contributed by atoms with Crippen molar-refractivity contribution < 1.29 is 9.59 Å². The second-order valence-electron chi connectivity index (χ2n) is 6.33. The van der Waals surface area contributed by atoms with Gasteiger partial charge in [-0.1, -0.05) is 35.9 Å². The van der Waals surface area contributed by atoms with Crippen LogP contribution in [-0.2, 0) is 4.79 Å². The molecule has 124 valence electrons. The quantitative estimate of drug-likeness (QED) is 0.939. The summed E-state index contributed by atoms with van der Waals surface area (Å²) in [7, 11) is 0. The van der Waals surface area contributed by atoms with E-state index in [9.17, 15) is 9.59 Å². The fraction of sp³-hybridized carbons (Fsp3) is 0.300. The lowest BCUT2D eigenvalue weighted by atomic mass is 10.1. The van der Waals surface area contributed by atoms with Crippen molar-refractivity contribution in [3.05, 3.63) is 65.2 Å². The zero-order valence-electron chi connectivity index (χ0n) is 14.1. The SMILES string of the molecule is Cc1ccc(C(=O)N2CCC[C@@H]2C(=O)Nc2ccccc2C)cc1. The molecule has 24 heavy (non-hydrogen) atoms. The predicted octanol–water partition coefficient (Wildman–Crippen LogP) is 3.55. The third-order valence-electron chi connectivity index (χ3n) is 4.52. The lowest BCUT2D eigenvalue weighted by molar-refractivity contribution is -0.119. The standard InChI is InChI=1S/C20H22N2O2/c1-14-9-11-16(12-10-14)20(24)22-13-5-8-18(22)19(23)21-17-7-4-3-6-15(17)2/h3-4,6-7,9-12,18H,5,8,13H2,1-2H3,(H,21,23)/t18-/m1/s1. The van der Waals surface area contributed by atoms with Crippen molar-refractivity contribution in [2.45, 2.75) is 32.7 Å². The summed E-state index contributed by atoms with van der Waals surface area (Å²) < 4.78 is 0. The summed E-state index contributed by atoms with van der Waals surface area (Å²) in [6, 6.07) is 14.8. The van der Waals surface area contributed by atoms with E-state index in [0.29, 0.717) is 18.5 Å². The molecule has 4 nitrogen and oxygen atoms in total. The van der Waals surface area contributed by atoms with E-state index >= 15 is 0 Å². The van der Waals surface area contributed by atoms with Crippen LogP contribution in [0.5, 0.6) is 0 Å². The molecule has 0 bridgehead atoms. The average molecular weight is 322 g/mol. The van der Waals surface area contributed by atoms with Crippen molar-refractivity contribution in [3.63, 3.8) is 0 Å². The summed E-state index contributed by atoms with van der Waals surface area (Å²) in [5.41, 5.74) is 3.57. The van der Waals surface area contributed by atoms with E-state index in [1.165, 1.54) is 0 Å². The number of para-hydroxylation sites is 1. The number of anilines is 1. The van der Waals surface area contributed by atoms with E-state index < -0.39 is 6.04 Å². The zero-order chi connectivity index (χ0) is 17.1. The highest BCUT2D eigenvalue weighted by molar-refractivity contribution is 6.01. The summed E-state index contributed by atoms with van der Waals surface area (Å²) in [6.07, 6.45) is 1.55. The van der Waals surface area contributed by atoms with Gasteiger partial charge in [-0.25, -0.2) is 0 Å². The molecule has 0 aliphatic carbocycles. The van der Waals surface area contributed by atoms with Gasteiger partial charge < -0.3 is 10.2 Å². The van der Waals surface area contributed by atoms with E-state index in [4.69, 9.17) is 0 Å². The number of likely N-dealkylation sites (tertiary alicyclic amines) is 1. The fourth-order valence-corrected chi connectivity index (χ4v) is 3.07. The molecule has 2 amide bonds. The lowest BCUT2D eigenvalue weighted by Gasteiger charge is -2.24. The molecule has 2 aromatic carbocycles. The molecule has 1 atom stereocenters. The van der Waals surface area contributed by atoms with Gasteiger partial charge in [0.05, 0.1) is 0 Å². The van der Waals surface area contributed by atoms with Crippen molar-refractivity contribution in [1.82, 2.24) is 4.90 Å². The first kappa shape index (κ1) is 16.2. The smallest absolute Gasteiger partial charge is 0.254 e. The van der Waals surface area contributed by atoms with Gasteiger partial charge in [-0.15, -0.1) is 0 Å². The summed E-state index contributed by atoms with van der Waals surface area (Å²) in [6.45, 7) is 4.57. The van der Waals surface area contributed by atoms with Crippen LogP contribution in [0, 0.1) is 13.8 Å². The molecule has 3 rings (SSSR count). The van der Waals surface area contributed by atoms with E-state index in [1.807, 2.05) is 62.4 Å². The van der Waals surface area contributed by atoms with Gasteiger partial charge in [0.2, 0.25) is 5.91 Å². The molecule has 1 N–H and O–H groups in total. The Kier molecular flexibility index (Phi) is 4.65. The highest BCUT2D eigenvalue weighted by atomic mass is 16.2. The Labute approximate surface area is 142 Å². The molecule has 0 aromatic heterocycles. The number of benzene rings is 2. The number of aryl methyl sites for hydroxylation is 2. The third kappa shape index (κ3) is 3.32. The molecule has 4 heteroatoms. The largest absolute Gasteiger partial charge is 0.327 e. The molecule has 0 radical (unpaired) electrons. The monoisotopic (exact) mass is 322 g/mol. The molecule has 0 spiro atoms. The van der Waals surface area contributed by atoms with Gasteiger partial charge in [0.25, 0.3) is 5.91 Å². The maximum atomic E-state index is 12.7. The number of amides is 2. The number of hydrogen-bond donors (Lipinski definition) is 1. The second-order valence-corrected chi connectivity index (χ2v) is 6.33. The van der Waals surface area contributed by atoms with Gasteiger partial charge in [-0.05, 0) is 50.5 Å². The van der Waals surface area contributed by atoms with Crippen molar-refractivity contribution in [1.29, 1.82) is 0 Å². The first-order chi connectivity index (χ1) is 11.6. The van der Waals surface area contributed by atoms with Crippen molar-refractivity contribution in [2.75, 3.05) is 11.9 Å². The molecular formula is C20H22N2O2. The fourth-order valence-electron chi connectivity index (χ4n) is 3.07. The Morgan fingerprint density at radius 2 is 1.75 bits per heavy atom. The average Bonchev–Trinajstić information content (AvgIpc) is 3.07. The van der Waals surface area contributed by atoms with Crippen LogP contribution in [0.3, 0.4) is 0 Å². The first-order valence-electron chi connectivity index (χ1n) is 8.30. The van der Waals surface area contributed by atoms with Crippen molar-refractivity contribution in [2.24, 2.45) is 0 Å².